The second-order valence-electron chi connectivity index (χ2n) is 3.92. The smallest absolute Gasteiger partial charge is 0.157 e. The highest BCUT2D eigenvalue weighted by Gasteiger charge is 2.12. The molecule has 1 aromatic carbocycles. The zero-order chi connectivity index (χ0) is 12.3. The van der Waals surface area contributed by atoms with Gasteiger partial charge in [-0.05, 0) is 18.1 Å². The van der Waals surface area contributed by atoms with Crippen LogP contribution < -0.4 is 5.32 Å². The number of phenols is 1. The van der Waals surface area contributed by atoms with Crippen LogP contribution in [0.3, 0.4) is 0 Å². The predicted molar refractivity (Wildman–Crippen MR) is 74.2 cm³/mol. The summed E-state index contributed by atoms with van der Waals surface area (Å²) < 4.78 is 0. The van der Waals surface area contributed by atoms with Crippen molar-refractivity contribution >= 4 is 44.8 Å². The number of hydrogen-bond donors (Lipinski definition) is 2. The SMILES string of the molecule is CC(C)C(Br)CNc1cc(Cl)cc(Cl)c1O. The van der Waals surface area contributed by atoms with Gasteiger partial charge in [0.05, 0.1) is 10.7 Å². The second kappa shape index (κ2) is 5.99. The van der Waals surface area contributed by atoms with E-state index >= 15 is 0 Å². The van der Waals surface area contributed by atoms with Crippen molar-refractivity contribution in [2.45, 2.75) is 18.7 Å². The van der Waals surface area contributed by atoms with E-state index < -0.39 is 0 Å². The zero-order valence-electron chi connectivity index (χ0n) is 9.10. The van der Waals surface area contributed by atoms with Crippen LogP contribution in [0.25, 0.3) is 0 Å². The fourth-order valence-electron chi connectivity index (χ4n) is 1.14. The van der Waals surface area contributed by atoms with Gasteiger partial charge in [0.15, 0.2) is 5.75 Å². The van der Waals surface area contributed by atoms with Gasteiger partial charge in [0.25, 0.3) is 0 Å². The largest absolute Gasteiger partial charge is 0.504 e. The van der Waals surface area contributed by atoms with Crippen molar-refractivity contribution in [3.8, 4) is 5.75 Å². The van der Waals surface area contributed by atoms with Gasteiger partial charge < -0.3 is 10.4 Å². The number of aromatic hydroxyl groups is 1. The molecule has 5 heteroatoms. The first-order chi connectivity index (χ1) is 7.41. The van der Waals surface area contributed by atoms with Crippen molar-refractivity contribution in [3.05, 3.63) is 22.2 Å². The van der Waals surface area contributed by atoms with Gasteiger partial charge in [0.1, 0.15) is 0 Å². The minimum atomic E-state index is 0.0366. The number of anilines is 1. The first-order valence-corrected chi connectivity index (χ1v) is 6.65. The molecule has 0 heterocycles. The van der Waals surface area contributed by atoms with E-state index in [-0.39, 0.29) is 10.8 Å². The third-order valence-corrected chi connectivity index (χ3v) is 4.13. The number of halogens is 3. The van der Waals surface area contributed by atoms with Crippen molar-refractivity contribution in [1.29, 1.82) is 0 Å². The minimum Gasteiger partial charge on any atom is -0.504 e. The molecule has 0 aliphatic rings. The maximum absolute atomic E-state index is 9.71. The normalized spacial score (nSPS) is 12.9. The summed E-state index contributed by atoms with van der Waals surface area (Å²) >= 11 is 15.2. The molecule has 0 aliphatic heterocycles. The van der Waals surface area contributed by atoms with Crippen molar-refractivity contribution in [2.24, 2.45) is 5.92 Å². The Morgan fingerprint density at radius 3 is 2.56 bits per heavy atom. The lowest BCUT2D eigenvalue weighted by atomic mass is 10.1. The molecule has 1 atom stereocenters. The molecule has 2 nitrogen and oxygen atoms in total. The van der Waals surface area contributed by atoms with E-state index in [1.54, 1.807) is 6.07 Å². The number of phenolic OH excluding ortho intramolecular Hbond substituents is 1. The van der Waals surface area contributed by atoms with E-state index in [2.05, 4.69) is 35.1 Å². The summed E-state index contributed by atoms with van der Waals surface area (Å²) in [6.07, 6.45) is 0. The van der Waals surface area contributed by atoms with E-state index in [0.29, 0.717) is 28.0 Å². The Bertz CT molecular complexity index is 371. The summed E-state index contributed by atoms with van der Waals surface area (Å²) in [5.74, 6) is 0.541. The maximum Gasteiger partial charge on any atom is 0.157 e. The Labute approximate surface area is 114 Å². The van der Waals surface area contributed by atoms with Gasteiger partial charge in [-0.2, -0.15) is 0 Å². The summed E-state index contributed by atoms with van der Waals surface area (Å²) in [7, 11) is 0. The van der Waals surface area contributed by atoms with Crippen molar-refractivity contribution in [3.63, 3.8) is 0 Å². The zero-order valence-corrected chi connectivity index (χ0v) is 12.2. The number of alkyl halides is 1. The molecular formula is C11H14BrCl2NO. The first kappa shape index (κ1) is 13.9. The quantitative estimate of drug-likeness (QED) is 0.629. The molecule has 0 saturated heterocycles. The monoisotopic (exact) mass is 325 g/mol. The van der Waals surface area contributed by atoms with E-state index in [9.17, 15) is 5.11 Å². The second-order valence-corrected chi connectivity index (χ2v) is 5.94. The molecule has 0 aromatic heterocycles. The van der Waals surface area contributed by atoms with Gasteiger partial charge >= 0.3 is 0 Å². The average Bonchev–Trinajstić information content (AvgIpc) is 2.20. The van der Waals surface area contributed by atoms with Gasteiger partial charge in [-0.3, -0.25) is 0 Å². The highest BCUT2D eigenvalue weighted by molar-refractivity contribution is 9.09. The van der Waals surface area contributed by atoms with E-state index in [1.807, 2.05) is 0 Å². The molecule has 0 aliphatic carbocycles. The van der Waals surface area contributed by atoms with Crippen LogP contribution in [0.5, 0.6) is 5.75 Å². The Morgan fingerprint density at radius 1 is 1.38 bits per heavy atom. The molecule has 0 spiro atoms. The van der Waals surface area contributed by atoms with Gasteiger partial charge in [-0.15, -0.1) is 0 Å². The maximum atomic E-state index is 9.71. The molecular weight excluding hydrogens is 313 g/mol. The average molecular weight is 327 g/mol. The van der Waals surface area contributed by atoms with Gasteiger partial charge in [-0.25, -0.2) is 0 Å². The lowest BCUT2D eigenvalue weighted by molar-refractivity contribution is 0.477. The first-order valence-electron chi connectivity index (χ1n) is 4.97. The topological polar surface area (TPSA) is 32.3 Å². The van der Waals surface area contributed by atoms with Crippen LogP contribution in [0.1, 0.15) is 13.8 Å². The fraction of sp³-hybridized carbons (Fsp3) is 0.455. The van der Waals surface area contributed by atoms with Gasteiger partial charge in [0, 0.05) is 16.4 Å². The highest BCUT2D eigenvalue weighted by Crippen LogP contribution is 2.35. The van der Waals surface area contributed by atoms with Crippen LogP contribution in [0, 0.1) is 5.92 Å². The van der Waals surface area contributed by atoms with Crippen LogP contribution in [0.2, 0.25) is 10.0 Å². The van der Waals surface area contributed by atoms with Gasteiger partial charge in [-0.1, -0.05) is 53.0 Å². The van der Waals surface area contributed by atoms with E-state index in [4.69, 9.17) is 23.2 Å². The number of hydrogen-bond acceptors (Lipinski definition) is 2. The molecule has 1 rings (SSSR count). The third-order valence-electron chi connectivity index (χ3n) is 2.24. The standard InChI is InChI=1S/C11H14BrCl2NO/c1-6(2)8(12)5-15-10-4-7(13)3-9(14)11(10)16/h3-4,6,8,15-16H,5H2,1-2H3. The summed E-state index contributed by atoms with van der Waals surface area (Å²) in [5, 5.41) is 13.6. The van der Waals surface area contributed by atoms with E-state index in [0.717, 1.165) is 0 Å². The molecule has 2 N–H and O–H groups in total. The predicted octanol–water partition coefficient (Wildman–Crippen LogP) is 4.53. The summed E-state index contributed by atoms with van der Waals surface area (Å²) in [5.41, 5.74) is 0.558. The van der Waals surface area contributed by atoms with Crippen molar-refractivity contribution < 1.29 is 5.11 Å². The van der Waals surface area contributed by atoms with Crippen LogP contribution in [0.4, 0.5) is 5.69 Å². The van der Waals surface area contributed by atoms with Crippen molar-refractivity contribution in [2.75, 3.05) is 11.9 Å². The molecule has 0 radical (unpaired) electrons. The molecule has 0 fully saturated rings. The Balaban J connectivity index is 2.74. The lowest BCUT2D eigenvalue weighted by Gasteiger charge is -2.16. The molecule has 0 saturated carbocycles. The van der Waals surface area contributed by atoms with Crippen LogP contribution in [0.15, 0.2) is 12.1 Å². The molecule has 1 unspecified atom stereocenters. The fourth-order valence-corrected chi connectivity index (χ4v) is 1.80. The highest BCUT2D eigenvalue weighted by atomic mass is 79.9. The minimum absolute atomic E-state index is 0.0366. The Hall–Kier alpha value is -0.120. The lowest BCUT2D eigenvalue weighted by Crippen LogP contribution is -2.19. The number of rotatable bonds is 4. The number of benzene rings is 1. The Morgan fingerprint density at radius 2 is 2.00 bits per heavy atom. The van der Waals surface area contributed by atoms with Crippen LogP contribution in [-0.4, -0.2) is 16.5 Å². The van der Waals surface area contributed by atoms with Crippen LogP contribution in [-0.2, 0) is 0 Å². The molecule has 90 valence electrons. The molecule has 0 bridgehead atoms. The number of nitrogens with one attached hydrogen (secondary N) is 1. The molecule has 1 aromatic rings. The third kappa shape index (κ3) is 3.72. The molecule has 16 heavy (non-hydrogen) atoms. The van der Waals surface area contributed by atoms with Crippen molar-refractivity contribution in [1.82, 2.24) is 0 Å². The summed E-state index contributed by atoms with van der Waals surface area (Å²) in [6.45, 7) is 4.93. The van der Waals surface area contributed by atoms with Crippen LogP contribution >= 0.6 is 39.1 Å². The summed E-state index contributed by atoms with van der Waals surface area (Å²) in [4.78, 5) is 0.324. The Kier molecular flexibility index (Phi) is 5.22. The van der Waals surface area contributed by atoms with Gasteiger partial charge in [0.2, 0.25) is 0 Å². The summed E-state index contributed by atoms with van der Waals surface area (Å²) in [6, 6.07) is 3.17. The van der Waals surface area contributed by atoms with E-state index in [1.165, 1.54) is 6.07 Å². The molecule has 0 amide bonds.